The molecule has 6 nitrogen and oxygen atoms in total. The van der Waals surface area contributed by atoms with E-state index in [0.29, 0.717) is 41.0 Å². The molecule has 1 aliphatic heterocycles. The molecule has 0 bridgehead atoms. The van der Waals surface area contributed by atoms with E-state index in [2.05, 4.69) is 0 Å². The number of sulfonamides is 1. The Morgan fingerprint density at radius 3 is 2.63 bits per heavy atom. The maximum Gasteiger partial charge on any atom is 0.335 e. The summed E-state index contributed by atoms with van der Waals surface area (Å²) in [6, 6.07) is 12.1. The Hall–Kier alpha value is -2.80. The molecule has 0 atom stereocenters. The van der Waals surface area contributed by atoms with E-state index in [9.17, 15) is 18.3 Å². The third kappa shape index (κ3) is 2.61. The number of fused-ring (bicyclic) bond motifs is 2. The summed E-state index contributed by atoms with van der Waals surface area (Å²) in [7, 11) is -1.92. The topological polar surface area (TPSA) is 79.6 Å². The molecule has 3 aromatic rings. The largest absolute Gasteiger partial charge is 0.478 e. The predicted molar refractivity (Wildman–Crippen MR) is 104 cm³/mol. The molecular weight excluding hydrogens is 364 g/mol. The zero-order valence-electron chi connectivity index (χ0n) is 15.1. The van der Waals surface area contributed by atoms with Crippen LogP contribution in [0, 0.1) is 6.92 Å². The number of carboxylic acids is 1. The summed E-state index contributed by atoms with van der Waals surface area (Å²) in [4.78, 5) is 11.6. The number of hydrogen-bond acceptors (Lipinski definition) is 3. The van der Waals surface area contributed by atoms with Crippen molar-refractivity contribution in [1.82, 2.24) is 4.57 Å². The highest BCUT2D eigenvalue weighted by molar-refractivity contribution is 7.93. The number of aryl methyl sites for hydroxylation is 2. The van der Waals surface area contributed by atoms with Gasteiger partial charge in [0.25, 0.3) is 10.0 Å². The van der Waals surface area contributed by atoms with Gasteiger partial charge in [0.2, 0.25) is 0 Å². The second-order valence-corrected chi connectivity index (χ2v) is 8.62. The smallest absolute Gasteiger partial charge is 0.335 e. The fraction of sp³-hybridized carbons (Fsp3) is 0.250. The van der Waals surface area contributed by atoms with Crippen LogP contribution in [0.3, 0.4) is 0 Å². The van der Waals surface area contributed by atoms with Crippen LogP contribution in [-0.2, 0) is 23.5 Å². The minimum absolute atomic E-state index is 0.175. The summed E-state index contributed by atoms with van der Waals surface area (Å²) in [6.07, 6.45) is 1.32. The predicted octanol–water partition coefficient (Wildman–Crippen LogP) is 3.33. The van der Waals surface area contributed by atoms with Crippen molar-refractivity contribution in [2.24, 2.45) is 7.05 Å². The molecule has 27 heavy (non-hydrogen) atoms. The SMILES string of the molecule is Cc1c(S(=O)(=O)N2CCCc3cc(C(=O)O)ccc32)c2ccccc2n1C. The summed E-state index contributed by atoms with van der Waals surface area (Å²) in [5.74, 6) is -1.01. The third-order valence-corrected chi connectivity index (χ3v) is 7.28. The van der Waals surface area contributed by atoms with Crippen molar-refractivity contribution in [3.05, 3.63) is 59.3 Å². The Balaban J connectivity index is 1.91. The summed E-state index contributed by atoms with van der Waals surface area (Å²) in [5, 5.41) is 9.91. The molecule has 0 aliphatic carbocycles. The van der Waals surface area contributed by atoms with Crippen LogP contribution in [0.2, 0.25) is 0 Å². The molecule has 140 valence electrons. The first-order valence-electron chi connectivity index (χ1n) is 8.75. The van der Waals surface area contributed by atoms with E-state index in [1.807, 2.05) is 42.8 Å². The maximum absolute atomic E-state index is 13.6. The van der Waals surface area contributed by atoms with Crippen LogP contribution >= 0.6 is 0 Å². The van der Waals surface area contributed by atoms with Gasteiger partial charge in [0, 0.05) is 30.2 Å². The molecule has 0 unspecified atom stereocenters. The van der Waals surface area contributed by atoms with E-state index >= 15 is 0 Å². The van der Waals surface area contributed by atoms with E-state index < -0.39 is 16.0 Å². The molecule has 7 heteroatoms. The summed E-state index contributed by atoms with van der Waals surface area (Å²) < 4.78 is 30.5. The van der Waals surface area contributed by atoms with Crippen molar-refractivity contribution in [3.63, 3.8) is 0 Å². The van der Waals surface area contributed by atoms with E-state index in [4.69, 9.17) is 0 Å². The van der Waals surface area contributed by atoms with Crippen molar-refractivity contribution < 1.29 is 18.3 Å². The van der Waals surface area contributed by atoms with Crippen molar-refractivity contribution in [2.45, 2.75) is 24.7 Å². The highest BCUT2D eigenvalue weighted by Crippen LogP contribution is 2.37. The molecule has 0 spiro atoms. The van der Waals surface area contributed by atoms with E-state index in [-0.39, 0.29) is 5.56 Å². The van der Waals surface area contributed by atoms with Gasteiger partial charge in [-0.05, 0) is 49.6 Å². The molecule has 2 aromatic carbocycles. The average Bonchev–Trinajstić information content (AvgIpc) is 2.92. The molecule has 1 N–H and O–H groups in total. The molecule has 1 aromatic heterocycles. The number of aromatic carboxylic acids is 1. The second kappa shape index (κ2) is 6.13. The van der Waals surface area contributed by atoms with E-state index in [1.54, 1.807) is 12.1 Å². The van der Waals surface area contributed by atoms with E-state index in [1.165, 1.54) is 10.4 Å². The third-order valence-electron chi connectivity index (χ3n) is 5.29. The summed E-state index contributed by atoms with van der Waals surface area (Å²) in [5.41, 5.74) is 3.05. The minimum Gasteiger partial charge on any atom is -0.478 e. The first kappa shape index (κ1) is 17.6. The molecule has 4 rings (SSSR count). The normalized spacial score (nSPS) is 14.4. The van der Waals surface area contributed by atoms with Crippen LogP contribution in [0.4, 0.5) is 5.69 Å². The van der Waals surface area contributed by atoms with Crippen LogP contribution < -0.4 is 4.31 Å². The van der Waals surface area contributed by atoms with Gasteiger partial charge in [0.05, 0.1) is 11.3 Å². The van der Waals surface area contributed by atoms with Gasteiger partial charge in [0.1, 0.15) is 4.90 Å². The molecule has 0 amide bonds. The molecular formula is C20H20N2O4S. The first-order valence-corrected chi connectivity index (χ1v) is 10.2. The van der Waals surface area contributed by atoms with Crippen LogP contribution in [0.5, 0.6) is 0 Å². The van der Waals surface area contributed by atoms with Gasteiger partial charge in [-0.25, -0.2) is 13.2 Å². The monoisotopic (exact) mass is 384 g/mol. The number of carbonyl (C=O) groups is 1. The van der Waals surface area contributed by atoms with Crippen LogP contribution in [-0.4, -0.2) is 30.6 Å². The van der Waals surface area contributed by atoms with Gasteiger partial charge in [-0.15, -0.1) is 0 Å². The Morgan fingerprint density at radius 1 is 1.15 bits per heavy atom. The Morgan fingerprint density at radius 2 is 1.89 bits per heavy atom. The molecule has 2 heterocycles. The van der Waals surface area contributed by atoms with Crippen LogP contribution in [0.1, 0.15) is 28.0 Å². The van der Waals surface area contributed by atoms with Crippen molar-refractivity contribution >= 4 is 32.6 Å². The molecule has 0 saturated carbocycles. The molecule has 1 aliphatic rings. The number of nitrogens with zero attached hydrogens (tertiary/aromatic N) is 2. The number of aromatic nitrogens is 1. The number of hydrogen-bond donors (Lipinski definition) is 1. The quantitative estimate of drug-likeness (QED) is 0.751. The van der Waals surface area contributed by atoms with Gasteiger partial charge in [-0.1, -0.05) is 18.2 Å². The fourth-order valence-electron chi connectivity index (χ4n) is 3.87. The van der Waals surface area contributed by atoms with Crippen LogP contribution in [0.15, 0.2) is 47.4 Å². The van der Waals surface area contributed by atoms with Gasteiger partial charge >= 0.3 is 5.97 Å². The molecule has 0 radical (unpaired) electrons. The maximum atomic E-state index is 13.6. The highest BCUT2D eigenvalue weighted by atomic mass is 32.2. The van der Waals surface area contributed by atoms with Crippen molar-refractivity contribution in [1.29, 1.82) is 0 Å². The Labute approximate surface area is 157 Å². The average molecular weight is 384 g/mol. The molecule has 0 saturated heterocycles. The number of anilines is 1. The van der Waals surface area contributed by atoms with Gasteiger partial charge in [0.15, 0.2) is 0 Å². The number of carboxylic acid groups (broad SMARTS) is 1. The lowest BCUT2D eigenvalue weighted by molar-refractivity contribution is 0.0696. The Kier molecular flexibility index (Phi) is 3.99. The second-order valence-electron chi connectivity index (χ2n) is 6.82. The standard InChI is InChI=1S/C20H20N2O4S/c1-13-19(16-7-3-4-8-18(16)21(13)2)27(25,26)22-11-5-6-14-12-15(20(23)24)9-10-17(14)22/h3-4,7-10,12H,5-6,11H2,1-2H3,(H,23,24). The lowest BCUT2D eigenvalue weighted by atomic mass is 10.0. The minimum atomic E-state index is -3.78. The lowest BCUT2D eigenvalue weighted by Gasteiger charge is -2.30. The first-order chi connectivity index (χ1) is 12.8. The Bertz CT molecular complexity index is 1180. The van der Waals surface area contributed by atoms with E-state index in [0.717, 1.165) is 11.1 Å². The van der Waals surface area contributed by atoms with Crippen molar-refractivity contribution in [3.8, 4) is 0 Å². The fourth-order valence-corrected chi connectivity index (χ4v) is 5.85. The van der Waals surface area contributed by atoms with Crippen LogP contribution in [0.25, 0.3) is 10.9 Å². The van der Waals surface area contributed by atoms with Gasteiger partial charge in [-0.3, -0.25) is 4.31 Å². The summed E-state index contributed by atoms with van der Waals surface area (Å²) >= 11 is 0. The van der Waals surface area contributed by atoms with Gasteiger partial charge < -0.3 is 9.67 Å². The number of para-hydroxylation sites is 1. The zero-order valence-corrected chi connectivity index (χ0v) is 16.0. The van der Waals surface area contributed by atoms with Gasteiger partial charge in [-0.2, -0.15) is 0 Å². The summed E-state index contributed by atoms with van der Waals surface area (Å²) in [6.45, 7) is 2.19. The zero-order chi connectivity index (χ0) is 19.3. The molecule has 0 fully saturated rings. The lowest BCUT2D eigenvalue weighted by Crippen LogP contribution is -2.36. The number of rotatable bonds is 3. The highest BCUT2D eigenvalue weighted by Gasteiger charge is 2.33. The van der Waals surface area contributed by atoms with Crippen molar-refractivity contribution in [2.75, 3.05) is 10.8 Å². The number of benzene rings is 2.